The van der Waals surface area contributed by atoms with Crippen LogP contribution in [0.4, 0.5) is 0 Å². The zero-order chi connectivity index (χ0) is 48.4. The zero-order valence-corrected chi connectivity index (χ0v) is 41.8. The summed E-state index contributed by atoms with van der Waals surface area (Å²) in [7, 11) is 1.95. The van der Waals surface area contributed by atoms with Crippen LogP contribution in [0.5, 0.6) is 0 Å². The van der Waals surface area contributed by atoms with Crippen LogP contribution in [0.1, 0.15) is 151 Å². The summed E-state index contributed by atoms with van der Waals surface area (Å²) >= 11 is 0. The number of nitrogens with one attached hydrogen (secondary N) is 1. The van der Waals surface area contributed by atoms with Gasteiger partial charge in [0.05, 0.1) is 29.3 Å². The summed E-state index contributed by atoms with van der Waals surface area (Å²) in [5, 5.41) is 70.8. The van der Waals surface area contributed by atoms with Gasteiger partial charge in [-0.25, -0.2) is 4.79 Å². The number of carbonyl (C=O) groups excluding carboxylic acids is 2. The van der Waals surface area contributed by atoms with Gasteiger partial charge in [0, 0.05) is 47.3 Å². The molecule has 0 saturated heterocycles. The van der Waals surface area contributed by atoms with Gasteiger partial charge in [-0.2, -0.15) is 0 Å². The maximum absolute atomic E-state index is 15.0. The molecule has 10 aliphatic carbocycles. The van der Waals surface area contributed by atoms with Crippen molar-refractivity contribution in [3.8, 4) is 11.8 Å². The standard InChI is InChI=1S/C61H79NO8/c1-37(40-13-6-7-14-40)42-20-21-49-55(66)56(25-22-39(31-56)19-18-38-11-4-3-5-12-38)35-58(36-64)51-23-26-57-24-9-8-15-41-16-10-17-43(34-63)46(41)29-50(62-2)47-28-44(53(57)48-30-52(65)70-54(47)48)32-60(57,68)59(51,67)33-45(27-42)61(49,58)69/h3-5,10-12,16-17,30,36-37,39-40,42,44-45,47,49-51,53-55,62-63,66-69H,6-7,9,13-14,18-29,31-35H2,1-2H3/t37-,39+,42+,44-,45+,47-,49+,50+,51+,53+,54+,55+,56-,57+,58-,59-,60+,61-/m0/s1. The number of likely N-dealkylation sites (N-methyl/N-ethyl adjacent to an activating group) is 1. The third-order valence-electron chi connectivity index (χ3n) is 23.2. The lowest BCUT2D eigenvalue weighted by Gasteiger charge is -2.73. The maximum Gasteiger partial charge on any atom is 0.331 e. The first-order valence-electron chi connectivity index (χ1n) is 27.9. The van der Waals surface area contributed by atoms with E-state index in [0.717, 1.165) is 67.1 Å². The molecule has 13 rings (SSSR count). The van der Waals surface area contributed by atoms with Gasteiger partial charge >= 0.3 is 5.97 Å². The van der Waals surface area contributed by atoms with Crippen molar-refractivity contribution in [2.45, 2.75) is 183 Å². The second kappa shape index (κ2) is 17.4. The molecule has 2 spiro atoms. The minimum absolute atomic E-state index is 0.0865. The second-order valence-corrected chi connectivity index (χ2v) is 25.5. The fraction of sp³-hybridized carbons (Fsp3) is 0.705. The highest BCUT2D eigenvalue weighted by Gasteiger charge is 2.84. The Hall–Kier alpha value is -3.36. The van der Waals surface area contributed by atoms with E-state index in [2.05, 4.69) is 54.4 Å². The minimum Gasteiger partial charge on any atom is -0.454 e. The first kappa shape index (κ1) is 47.6. The Bertz CT molecular complexity index is 2460. The van der Waals surface area contributed by atoms with E-state index < -0.39 is 63.0 Å². The highest BCUT2D eigenvalue weighted by Crippen LogP contribution is 2.79. The van der Waals surface area contributed by atoms with Crippen LogP contribution in [-0.2, 0) is 33.8 Å². The van der Waals surface area contributed by atoms with Gasteiger partial charge in [0.2, 0.25) is 0 Å². The van der Waals surface area contributed by atoms with Crippen LogP contribution in [0.15, 0.2) is 60.2 Å². The van der Waals surface area contributed by atoms with Gasteiger partial charge in [-0.05, 0) is 185 Å². The molecule has 2 aromatic rings. The number of fused-ring (bicyclic) bond motifs is 6. The summed E-state index contributed by atoms with van der Waals surface area (Å²) in [4.78, 5) is 28.7. The number of hydrogen-bond donors (Lipinski definition) is 6. The summed E-state index contributed by atoms with van der Waals surface area (Å²) in [5.41, 5.74) is -2.88. The number of esters is 1. The number of benzene rings is 2. The molecule has 18 atom stereocenters. The number of aliphatic hydroxyl groups excluding tert-OH is 2. The van der Waals surface area contributed by atoms with E-state index in [1.807, 2.05) is 25.2 Å². The van der Waals surface area contributed by atoms with Crippen molar-refractivity contribution in [3.05, 3.63) is 82.4 Å². The molecule has 1 aliphatic heterocycles. The van der Waals surface area contributed by atoms with Gasteiger partial charge in [0.1, 0.15) is 18.0 Å². The van der Waals surface area contributed by atoms with Crippen molar-refractivity contribution >= 4 is 12.3 Å². The van der Waals surface area contributed by atoms with Gasteiger partial charge in [0.15, 0.2) is 0 Å². The van der Waals surface area contributed by atoms with Crippen LogP contribution in [0, 0.1) is 87.3 Å². The fourth-order valence-corrected chi connectivity index (χ4v) is 20.3. The van der Waals surface area contributed by atoms with Crippen LogP contribution in [0.3, 0.4) is 0 Å². The molecule has 11 aliphatic rings. The van der Waals surface area contributed by atoms with Gasteiger partial charge in [0.25, 0.3) is 0 Å². The van der Waals surface area contributed by atoms with E-state index in [0.29, 0.717) is 82.0 Å². The Balaban J connectivity index is 0.992. The molecule has 70 heavy (non-hydrogen) atoms. The van der Waals surface area contributed by atoms with Crippen molar-refractivity contribution in [2.75, 3.05) is 7.05 Å². The predicted octanol–water partition coefficient (Wildman–Crippen LogP) is 8.18. The van der Waals surface area contributed by atoms with E-state index in [1.54, 1.807) is 6.08 Å². The number of aliphatic hydroxyl groups is 5. The Labute approximate surface area is 416 Å². The Kier molecular flexibility index (Phi) is 11.8. The molecule has 0 radical (unpaired) electrons. The van der Waals surface area contributed by atoms with Crippen molar-refractivity contribution in [1.82, 2.24) is 5.32 Å². The molecule has 9 nitrogen and oxygen atoms in total. The van der Waals surface area contributed by atoms with Crippen LogP contribution in [0.25, 0.3) is 0 Å². The molecule has 9 heteroatoms. The zero-order valence-electron chi connectivity index (χ0n) is 41.8. The predicted molar refractivity (Wildman–Crippen MR) is 266 cm³/mol. The smallest absolute Gasteiger partial charge is 0.331 e. The quantitative estimate of drug-likeness (QED) is 0.0873. The van der Waals surface area contributed by atoms with Gasteiger partial charge in [-0.1, -0.05) is 86.9 Å². The maximum atomic E-state index is 15.0. The highest BCUT2D eigenvalue weighted by molar-refractivity contribution is 5.86. The largest absolute Gasteiger partial charge is 0.454 e. The number of carbonyl (C=O) groups is 2. The van der Waals surface area contributed by atoms with E-state index in [-0.39, 0.29) is 48.7 Å². The minimum atomic E-state index is -1.74. The number of ether oxygens (including phenoxy) is 1. The molecule has 0 unspecified atom stereocenters. The van der Waals surface area contributed by atoms with Gasteiger partial charge < -0.3 is 40.4 Å². The van der Waals surface area contributed by atoms with E-state index in [1.165, 1.54) is 31.2 Å². The molecule has 376 valence electrons. The molecule has 4 bridgehead atoms. The van der Waals surface area contributed by atoms with Gasteiger partial charge in [-0.15, -0.1) is 0 Å². The lowest BCUT2D eigenvalue weighted by atomic mass is 9.33. The summed E-state index contributed by atoms with van der Waals surface area (Å²) in [5.74, 6) is 6.11. The molecule has 0 amide bonds. The third kappa shape index (κ3) is 6.63. The fourth-order valence-electron chi connectivity index (χ4n) is 20.3. The second-order valence-electron chi connectivity index (χ2n) is 25.5. The topological polar surface area (TPSA) is 157 Å². The Morgan fingerprint density at radius 2 is 1.73 bits per heavy atom. The van der Waals surface area contributed by atoms with Gasteiger partial charge in [-0.3, -0.25) is 0 Å². The molecule has 8 fully saturated rings. The number of aldehydes is 1. The van der Waals surface area contributed by atoms with Crippen LogP contribution >= 0.6 is 0 Å². The molecule has 8 saturated carbocycles. The highest BCUT2D eigenvalue weighted by atomic mass is 16.5. The van der Waals surface area contributed by atoms with E-state index in [9.17, 15) is 30.3 Å². The number of rotatable bonds is 8. The van der Waals surface area contributed by atoms with Crippen LogP contribution in [-0.4, -0.2) is 79.9 Å². The van der Waals surface area contributed by atoms with Crippen molar-refractivity contribution in [2.24, 2.45) is 75.4 Å². The normalized spacial score (nSPS) is 46.3. The lowest BCUT2D eigenvalue weighted by Crippen LogP contribution is -2.82. The first-order chi connectivity index (χ1) is 33.8. The Morgan fingerprint density at radius 1 is 0.914 bits per heavy atom. The van der Waals surface area contributed by atoms with Crippen LogP contribution in [0.2, 0.25) is 0 Å². The summed E-state index contributed by atoms with van der Waals surface area (Å²) < 4.78 is 6.35. The molecule has 0 aromatic heterocycles. The summed E-state index contributed by atoms with van der Waals surface area (Å²) in [6.07, 6.45) is 17.1. The molecular weight excluding hydrogens is 875 g/mol. The number of aryl methyl sites for hydroxylation is 1. The van der Waals surface area contributed by atoms with Crippen molar-refractivity contribution in [1.29, 1.82) is 0 Å². The lowest BCUT2D eigenvalue weighted by molar-refractivity contribution is -0.355. The van der Waals surface area contributed by atoms with Crippen molar-refractivity contribution < 1.29 is 39.9 Å². The molecule has 2 aromatic carbocycles. The third-order valence-corrected chi connectivity index (χ3v) is 23.2. The number of hydrogen-bond acceptors (Lipinski definition) is 9. The SMILES string of the molecule is CN[C@@H]1Cc2c(cccc2CO)C#CCC[C@]23CC[C@H]4[C@@](O)(C[C@H]5C[C@H]([C@@H](C)C6CCCC6)CC[C@@H]6[C@@H](O)[C@]7(CC[C@@H](CCc8ccccc8)C7)C[C@@]4(C=O)[C@]56O)[C@@]2(O)C[C@@H]2C[C@@H]1[C@H]1OC(=O)C=C1[C@@H]23. The van der Waals surface area contributed by atoms with E-state index in [4.69, 9.17) is 4.74 Å². The summed E-state index contributed by atoms with van der Waals surface area (Å²) in [6, 6.07) is 16.4. The average molecular weight is 954 g/mol. The molecule has 6 N–H and O–H groups in total. The average Bonchev–Trinajstić information content (AvgIpc) is 4.16. The molecular formula is C61H79NO8. The molecule has 1 heterocycles. The monoisotopic (exact) mass is 954 g/mol. The van der Waals surface area contributed by atoms with Crippen LogP contribution < -0.4 is 5.32 Å². The van der Waals surface area contributed by atoms with Crippen molar-refractivity contribution in [3.63, 3.8) is 0 Å². The first-order valence-corrected chi connectivity index (χ1v) is 27.9. The van der Waals surface area contributed by atoms with E-state index >= 15 is 4.79 Å². The summed E-state index contributed by atoms with van der Waals surface area (Å²) in [6.45, 7) is 2.30. The Morgan fingerprint density at radius 3 is 2.50 bits per heavy atom.